The molecule has 1 rings (SSSR count). The van der Waals surface area contributed by atoms with Crippen molar-refractivity contribution in [2.45, 2.75) is 33.7 Å². The number of amides is 1. The molecule has 1 aromatic rings. The molecule has 130 valence electrons. The average molecular weight is 433 g/mol. The number of hydrogen-bond donors (Lipinski definition) is 3. The van der Waals surface area contributed by atoms with E-state index in [2.05, 4.69) is 46.7 Å². The number of hydrogen-bond acceptors (Lipinski definition) is 3. The third kappa shape index (κ3) is 8.73. The average Bonchev–Trinajstić information content (AvgIpc) is 2.52. The molecule has 7 heteroatoms. The van der Waals surface area contributed by atoms with Crippen molar-refractivity contribution in [2.24, 2.45) is 10.9 Å². The fourth-order valence-electron chi connectivity index (χ4n) is 1.64. The van der Waals surface area contributed by atoms with Crippen molar-refractivity contribution in [1.29, 1.82) is 0 Å². The van der Waals surface area contributed by atoms with Gasteiger partial charge in [-0.3, -0.25) is 14.8 Å². The topological polar surface area (TPSA) is 78.4 Å². The van der Waals surface area contributed by atoms with Gasteiger partial charge in [0.15, 0.2) is 5.96 Å². The Bertz CT molecular complexity index is 479. The molecule has 23 heavy (non-hydrogen) atoms. The Morgan fingerprint density at radius 2 is 2.04 bits per heavy atom. The predicted molar refractivity (Wildman–Crippen MR) is 105 cm³/mol. The summed E-state index contributed by atoms with van der Waals surface area (Å²) in [4.78, 5) is 20.2. The number of halogens is 1. The lowest BCUT2D eigenvalue weighted by Gasteiger charge is -2.20. The molecule has 1 heterocycles. The Labute approximate surface area is 156 Å². The van der Waals surface area contributed by atoms with Gasteiger partial charge in [-0.15, -0.1) is 24.0 Å². The summed E-state index contributed by atoms with van der Waals surface area (Å²) >= 11 is 0. The highest BCUT2D eigenvalue weighted by atomic mass is 127. The van der Waals surface area contributed by atoms with Gasteiger partial charge in [-0.25, -0.2) is 0 Å². The first kappa shape index (κ1) is 21.6. The molecule has 0 fully saturated rings. The van der Waals surface area contributed by atoms with Gasteiger partial charge >= 0.3 is 0 Å². The summed E-state index contributed by atoms with van der Waals surface area (Å²) in [5.74, 6) is 1.17. The molecule has 0 radical (unpaired) electrons. The molecule has 1 unspecified atom stereocenters. The summed E-state index contributed by atoms with van der Waals surface area (Å²) in [5, 5.41) is 9.39. The Balaban J connectivity index is 0.00000484. The van der Waals surface area contributed by atoms with Crippen LogP contribution < -0.4 is 16.0 Å². The molecule has 6 nitrogen and oxygen atoms in total. The number of rotatable bonds is 7. The molecule has 0 aliphatic heterocycles. The lowest BCUT2D eigenvalue weighted by Crippen LogP contribution is -2.44. The number of nitrogens with one attached hydrogen (secondary N) is 3. The minimum Gasteiger partial charge on any atom is -0.357 e. The van der Waals surface area contributed by atoms with Crippen molar-refractivity contribution in [3.8, 4) is 0 Å². The standard InChI is InChI=1S/C16H27N5O.HI/c1-5-18-16(21-13(4)12(2)3)20-10-9-19-15(22)14-7-6-8-17-11-14;/h6-8,11-13H,5,9-10H2,1-4H3,(H,19,22)(H2,18,20,21);1H. The Morgan fingerprint density at radius 1 is 1.30 bits per heavy atom. The van der Waals surface area contributed by atoms with Crippen molar-refractivity contribution in [2.75, 3.05) is 19.6 Å². The van der Waals surface area contributed by atoms with Gasteiger partial charge in [0.2, 0.25) is 0 Å². The van der Waals surface area contributed by atoms with Crippen molar-refractivity contribution >= 4 is 35.8 Å². The SMILES string of the molecule is CCNC(=NCCNC(=O)c1cccnc1)NC(C)C(C)C.I. The normalized spacial score (nSPS) is 12.3. The highest BCUT2D eigenvalue weighted by molar-refractivity contribution is 14.0. The summed E-state index contributed by atoms with van der Waals surface area (Å²) in [7, 11) is 0. The molecule has 0 spiro atoms. The largest absolute Gasteiger partial charge is 0.357 e. The van der Waals surface area contributed by atoms with Crippen LogP contribution in [-0.4, -0.2) is 42.5 Å². The second kappa shape index (κ2) is 12.1. The van der Waals surface area contributed by atoms with E-state index in [-0.39, 0.29) is 29.9 Å². The number of guanidine groups is 1. The molecule has 0 aromatic carbocycles. The van der Waals surface area contributed by atoms with E-state index in [4.69, 9.17) is 0 Å². The highest BCUT2D eigenvalue weighted by Gasteiger charge is 2.08. The monoisotopic (exact) mass is 433 g/mol. The molecule has 0 aliphatic carbocycles. The summed E-state index contributed by atoms with van der Waals surface area (Å²) in [6.07, 6.45) is 3.19. The lowest BCUT2D eigenvalue weighted by molar-refractivity contribution is 0.0954. The van der Waals surface area contributed by atoms with Crippen molar-refractivity contribution in [1.82, 2.24) is 20.9 Å². The third-order valence-corrected chi connectivity index (χ3v) is 3.30. The van der Waals surface area contributed by atoms with Crippen LogP contribution in [0.5, 0.6) is 0 Å². The molecule has 1 atom stereocenters. The van der Waals surface area contributed by atoms with Crippen LogP contribution in [-0.2, 0) is 0 Å². The number of pyridine rings is 1. The number of aromatic nitrogens is 1. The van der Waals surface area contributed by atoms with E-state index in [1.165, 1.54) is 0 Å². The third-order valence-electron chi connectivity index (χ3n) is 3.30. The minimum atomic E-state index is -0.128. The maximum atomic E-state index is 11.9. The smallest absolute Gasteiger partial charge is 0.252 e. The zero-order valence-electron chi connectivity index (χ0n) is 14.3. The van der Waals surface area contributed by atoms with Crippen molar-refractivity contribution in [3.63, 3.8) is 0 Å². The summed E-state index contributed by atoms with van der Waals surface area (Å²) < 4.78 is 0. The number of nitrogens with zero attached hydrogens (tertiary/aromatic N) is 2. The molecule has 0 saturated carbocycles. The Kier molecular flexibility index (Phi) is 11.4. The molecule has 0 aliphatic rings. The maximum absolute atomic E-state index is 11.9. The number of carbonyl (C=O) groups is 1. The molecule has 1 amide bonds. The highest BCUT2D eigenvalue weighted by Crippen LogP contribution is 1.99. The van der Waals surface area contributed by atoms with Gasteiger partial charge in [0.1, 0.15) is 0 Å². The Morgan fingerprint density at radius 3 is 2.61 bits per heavy atom. The first-order chi connectivity index (χ1) is 10.5. The van der Waals surface area contributed by atoms with Crippen LogP contribution in [0.25, 0.3) is 0 Å². The molecule has 1 aromatic heterocycles. The molecule has 0 bridgehead atoms. The summed E-state index contributed by atoms with van der Waals surface area (Å²) in [6.45, 7) is 10.3. The minimum absolute atomic E-state index is 0. The lowest BCUT2D eigenvalue weighted by atomic mass is 10.1. The van der Waals surface area contributed by atoms with Gasteiger partial charge in [-0.2, -0.15) is 0 Å². The van der Waals surface area contributed by atoms with Crippen LogP contribution in [0, 0.1) is 5.92 Å². The van der Waals surface area contributed by atoms with Crippen molar-refractivity contribution < 1.29 is 4.79 Å². The first-order valence-electron chi connectivity index (χ1n) is 7.77. The van der Waals surface area contributed by atoms with E-state index < -0.39 is 0 Å². The van der Waals surface area contributed by atoms with E-state index >= 15 is 0 Å². The molecule has 0 saturated heterocycles. The molecular formula is C16H28IN5O. The fourth-order valence-corrected chi connectivity index (χ4v) is 1.64. The summed E-state index contributed by atoms with van der Waals surface area (Å²) in [6, 6.07) is 3.82. The Hall–Kier alpha value is -1.38. The van der Waals surface area contributed by atoms with E-state index in [9.17, 15) is 4.79 Å². The van der Waals surface area contributed by atoms with Gasteiger partial charge in [0.25, 0.3) is 5.91 Å². The second-order valence-electron chi connectivity index (χ2n) is 5.44. The molecule has 3 N–H and O–H groups in total. The van der Waals surface area contributed by atoms with Crippen LogP contribution in [0.3, 0.4) is 0 Å². The van der Waals surface area contributed by atoms with Crippen LogP contribution in [0.15, 0.2) is 29.5 Å². The van der Waals surface area contributed by atoms with Crippen LogP contribution in [0.1, 0.15) is 38.1 Å². The van der Waals surface area contributed by atoms with Gasteiger partial charge in [-0.05, 0) is 31.9 Å². The first-order valence-corrected chi connectivity index (χ1v) is 7.77. The zero-order chi connectivity index (χ0) is 16.4. The van der Waals surface area contributed by atoms with E-state index in [1.807, 2.05) is 6.92 Å². The van der Waals surface area contributed by atoms with Gasteiger partial charge in [0, 0.05) is 31.5 Å². The number of carbonyl (C=O) groups excluding carboxylic acids is 1. The quantitative estimate of drug-likeness (QED) is 0.266. The predicted octanol–water partition coefficient (Wildman–Crippen LogP) is 2.03. The van der Waals surface area contributed by atoms with Crippen LogP contribution >= 0.6 is 24.0 Å². The van der Waals surface area contributed by atoms with Crippen LogP contribution in [0.2, 0.25) is 0 Å². The van der Waals surface area contributed by atoms with Gasteiger partial charge in [-0.1, -0.05) is 13.8 Å². The second-order valence-corrected chi connectivity index (χ2v) is 5.44. The summed E-state index contributed by atoms with van der Waals surface area (Å²) in [5.41, 5.74) is 0.560. The number of aliphatic imine (C=N–C) groups is 1. The fraction of sp³-hybridized carbons (Fsp3) is 0.562. The molecular weight excluding hydrogens is 405 g/mol. The van der Waals surface area contributed by atoms with Gasteiger partial charge in [0.05, 0.1) is 12.1 Å². The van der Waals surface area contributed by atoms with E-state index in [0.717, 1.165) is 12.5 Å². The zero-order valence-corrected chi connectivity index (χ0v) is 16.6. The van der Waals surface area contributed by atoms with E-state index in [1.54, 1.807) is 24.5 Å². The van der Waals surface area contributed by atoms with E-state index in [0.29, 0.717) is 30.6 Å². The maximum Gasteiger partial charge on any atom is 0.252 e. The van der Waals surface area contributed by atoms with Gasteiger partial charge < -0.3 is 16.0 Å². The van der Waals surface area contributed by atoms with Crippen molar-refractivity contribution in [3.05, 3.63) is 30.1 Å². The van der Waals surface area contributed by atoms with Crippen LogP contribution in [0.4, 0.5) is 0 Å².